The molecule has 1 aromatic carbocycles. The Morgan fingerprint density at radius 1 is 1.07 bits per heavy atom. The molecule has 0 saturated carbocycles. The molecule has 136 valence electrons. The fraction of sp³-hybridized carbons (Fsp3) is 0.150. The van der Waals surface area contributed by atoms with Crippen molar-refractivity contribution in [2.24, 2.45) is 0 Å². The number of thiazole rings is 1. The fourth-order valence-corrected chi connectivity index (χ4v) is 4.77. The summed E-state index contributed by atoms with van der Waals surface area (Å²) >= 11 is 2.71. The lowest BCUT2D eigenvalue weighted by Crippen LogP contribution is -2.11. The van der Waals surface area contributed by atoms with Gasteiger partial charge in [0.25, 0.3) is 5.91 Å². The molecule has 0 atom stereocenters. The number of hydrogen-bond acceptors (Lipinski definition) is 6. The van der Waals surface area contributed by atoms with Crippen LogP contribution >= 0.6 is 22.7 Å². The molecule has 27 heavy (non-hydrogen) atoms. The van der Waals surface area contributed by atoms with Gasteiger partial charge in [-0.05, 0) is 31.9 Å². The van der Waals surface area contributed by atoms with Gasteiger partial charge in [-0.25, -0.2) is 9.97 Å². The number of pyridine rings is 1. The van der Waals surface area contributed by atoms with Crippen LogP contribution in [0, 0.1) is 20.8 Å². The van der Waals surface area contributed by atoms with E-state index in [2.05, 4.69) is 15.3 Å². The maximum Gasteiger partial charge on any atom is 0.269 e. The van der Waals surface area contributed by atoms with Gasteiger partial charge < -0.3 is 5.73 Å². The van der Waals surface area contributed by atoms with Gasteiger partial charge in [0, 0.05) is 22.0 Å². The number of rotatable bonds is 3. The van der Waals surface area contributed by atoms with Gasteiger partial charge in [-0.2, -0.15) is 0 Å². The number of carbonyl (C=O) groups is 1. The number of carbonyl (C=O) groups excluding carboxylic acids is 1. The molecule has 0 spiro atoms. The van der Waals surface area contributed by atoms with E-state index in [4.69, 9.17) is 5.73 Å². The van der Waals surface area contributed by atoms with Crippen molar-refractivity contribution in [1.29, 1.82) is 0 Å². The summed E-state index contributed by atoms with van der Waals surface area (Å²) in [7, 11) is 0. The first kappa shape index (κ1) is 17.6. The molecule has 0 aliphatic rings. The van der Waals surface area contributed by atoms with Gasteiger partial charge in [-0.15, -0.1) is 22.7 Å². The van der Waals surface area contributed by atoms with Gasteiger partial charge in [0.2, 0.25) is 0 Å². The Hall–Kier alpha value is -2.77. The van der Waals surface area contributed by atoms with Gasteiger partial charge in [-0.3, -0.25) is 10.1 Å². The highest BCUT2D eigenvalue weighted by Gasteiger charge is 2.21. The monoisotopic (exact) mass is 394 g/mol. The Labute approximate surface area is 164 Å². The predicted molar refractivity (Wildman–Crippen MR) is 114 cm³/mol. The van der Waals surface area contributed by atoms with E-state index >= 15 is 0 Å². The van der Waals surface area contributed by atoms with Crippen molar-refractivity contribution < 1.29 is 4.79 Å². The summed E-state index contributed by atoms with van der Waals surface area (Å²) < 4.78 is 0. The Bertz CT molecular complexity index is 1160. The Morgan fingerprint density at radius 3 is 2.56 bits per heavy atom. The minimum Gasteiger partial charge on any atom is -0.397 e. The molecule has 5 nitrogen and oxygen atoms in total. The number of thiophene rings is 1. The van der Waals surface area contributed by atoms with Crippen LogP contribution in [0.1, 0.15) is 26.5 Å². The lowest BCUT2D eigenvalue weighted by Gasteiger charge is -2.05. The van der Waals surface area contributed by atoms with E-state index in [0.717, 1.165) is 38.3 Å². The van der Waals surface area contributed by atoms with Crippen LogP contribution in [0.15, 0.2) is 35.7 Å². The van der Waals surface area contributed by atoms with Crippen molar-refractivity contribution >= 4 is 49.6 Å². The summed E-state index contributed by atoms with van der Waals surface area (Å²) in [6.07, 6.45) is 0. The second kappa shape index (κ2) is 6.75. The highest BCUT2D eigenvalue weighted by Crippen LogP contribution is 2.37. The number of nitrogen functional groups attached to an aromatic ring is 1. The van der Waals surface area contributed by atoms with Crippen LogP contribution < -0.4 is 11.1 Å². The molecule has 0 aliphatic heterocycles. The molecule has 4 rings (SSSR count). The van der Waals surface area contributed by atoms with Crippen molar-refractivity contribution in [3.05, 3.63) is 57.4 Å². The molecule has 0 aliphatic carbocycles. The number of anilines is 2. The van der Waals surface area contributed by atoms with Gasteiger partial charge >= 0.3 is 0 Å². The van der Waals surface area contributed by atoms with Gasteiger partial charge in [0.15, 0.2) is 5.13 Å². The summed E-state index contributed by atoms with van der Waals surface area (Å²) in [5, 5.41) is 6.22. The van der Waals surface area contributed by atoms with Crippen LogP contribution in [0.3, 0.4) is 0 Å². The van der Waals surface area contributed by atoms with Crippen LogP contribution in [-0.2, 0) is 0 Å². The molecule has 0 radical (unpaired) electrons. The lowest BCUT2D eigenvalue weighted by molar-refractivity contribution is 0.103. The average molecular weight is 395 g/mol. The molecular weight excluding hydrogens is 376 g/mol. The Kier molecular flexibility index (Phi) is 4.41. The van der Waals surface area contributed by atoms with Crippen LogP contribution in [0.5, 0.6) is 0 Å². The van der Waals surface area contributed by atoms with E-state index < -0.39 is 0 Å². The third-order valence-electron chi connectivity index (χ3n) is 4.68. The average Bonchev–Trinajstić information content (AvgIpc) is 3.25. The largest absolute Gasteiger partial charge is 0.397 e. The lowest BCUT2D eigenvalue weighted by atomic mass is 10.1. The highest BCUT2D eigenvalue weighted by molar-refractivity contribution is 7.21. The molecule has 3 aromatic heterocycles. The quantitative estimate of drug-likeness (QED) is 0.502. The van der Waals surface area contributed by atoms with E-state index in [1.54, 1.807) is 0 Å². The molecule has 0 fully saturated rings. The first-order valence-electron chi connectivity index (χ1n) is 8.43. The highest BCUT2D eigenvalue weighted by atomic mass is 32.1. The van der Waals surface area contributed by atoms with Crippen LogP contribution in [0.2, 0.25) is 0 Å². The second-order valence-electron chi connectivity index (χ2n) is 6.33. The smallest absolute Gasteiger partial charge is 0.269 e. The standard InChI is InChI=1S/C20H18N4OS2/c1-10-11(2)15-16(21)17(27-19(15)22-12(10)3)18(25)24-20-23-14(9-26-20)13-7-5-4-6-8-13/h4-9H,21H2,1-3H3,(H,23,24,25). The van der Waals surface area contributed by atoms with E-state index in [0.29, 0.717) is 15.7 Å². The number of fused-ring (bicyclic) bond motifs is 1. The number of aryl methyl sites for hydroxylation is 2. The topological polar surface area (TPSA) is 80.9 Å². The number of amides is 1. The van der Waals surface area contributed by atoms with Crippen molar-refractivity contribution in [3.63, 3.8) is 0 Å². The minimum atomic E-state index is -0.251. The molecule has 0 bridgehead atoms. The fourth-order valence-electron chi connectivity index (χ4n) is 2.96. The maximum absolute atomic E-state index is 12.8. The van der Waals surface area contributed by atoms with Gasteiger partial charge in [-0.1, -0.05) is 30.3 Å². The third kappa shape index (κ3) is 3.09. The van der Waals surface area contributed by atoms with E-state index in [1.165, 1.54) is 22.7 Å². The summed E-state index contributed by atoms with van der Waals surface area (Å²) in [6, 6.07) is 9.87. The summed E-state index contributed by atoms with van der Waals surface area (Å²) in [5.74, 6) is -0.251. The van der Waals surface area contributed by atoms with Crippen LogP contribution in [0.4, 0.5) is 10.8 Å². The number of nitrogens with one attached hydrogen (secondary N) is 1. The molecule has 0 unspecified atom stereocenters. The zero-order valence-electron chi connectivity index (χ0n) is 15.2. The predicted octanol–water partition coefficient (Wildman–Crippen LogP) is 5.18. The first-order valence-corrected chi connectivity index (χ1v) is 10.1. The number of hydrogen-bond donors (Lipinski definition) is 2. The van der Waals surface area contributed by atoms with Crippen molar-refractivity contribution in [1.82, 2.24) is 9.97 Å². The molecule has 1 amide bonds. The molecule has 3 N–H and O–H groups in total. The Morgan fingerprint density at radius 2 is 1.81 bits per heavy atom. The van der Waals surface area contributed by atoms with E-state index in [9.17, 15) is 4.79 Å². The van der Waals surface area contributed by atoms with E-state index in [-0.39, 0.29) is 5.91 Å². The number of nitrogens with two attached hydrogens (primary N) is 1. The number of aromatic nitrogens is 2. The SMILES string of the molecule is Cc1nc2sc(C(=O)Nc3nc(-c4ccccc4)cs3)c(N)c2c(C)c1C. The maximum atomic E-state index is 12.8. The zero-order valence-corrected chi connectivity index (χ0v) is 16.8. The molecule has 7 heteroatoms. The van der Waals surface area contributed by atoms with Gasteiger partial charge in [0.1, 0.15) is 9.71 Å². The summed E-state index contributed by atoms with van der Waals surface area (Å²) in [6.45, 7) is 6.01. The van der Waals surface area contributed by atoms with Gasteiger partial charge in [0.05, 0.1) is 11.4 Å². The molecular formula is C20H18N4OS2. The van der Waals surface area contributed by atoms with Crippen LogP contribution in [-0.4, -0.2) is 15.9 Å². The molecule has 4 aromatic rings. The van der Waals surface area contributed by atoms with Crippen molar-refractivity contribution in [2.45, 2.75) is 20.8 Å². The van der Waals surface area contributed by atoms with E-state index in [1.807, 2.05) is 56.5 Å². The second-order valence-corrected chi connectivity index (χ2v) is 8.19. The summed E-state index contributed by atoms with van der Waals surface area (Å²) in [4.78, 5) is 23.2. The Balaban J connectivity index is 1.65. The number of nitrogens with zero attached hydrogens (tertiary/aromatic N) is 2. The van der Waals surface area contributed by atoms with Crippen LogP contribution in [0.25, 0.3) is 21.5 Å². The molecule has 0 saturated heterocycles. The minimum absolute atomic E-state index is 0.251. The zero-order chi connectivity index (χ0) is 19.1. The first-order chi connectivity index (χ1) is 13.0. The normalized spacial score (nSPS) is 11.1. The number of benzene rings is 1. The molecule has 3 heterocycles. The summed E-state index contributed by atoms with van der Waals surface area (Å²) in [5.41, 5.74) is 11.8. The third-order valence-corrected chi connectivity index (χ3v) is 6.53. The van der Waals surface area contributed by atoms with Crippen molar-refractivity contribution in [2.75, 3.05) is 11.1 Å². The van der Waals surface area contributed by atoms with Crippen molar-refractivity contribution in [3.8, 4) is 11.3 Å².